The van der Waals surface area contributed by atoms with Crippen LogP contribution in [0.15, 0.2) is 70.7 Å². The molecule has 0 saturated heterocycles. The molecular formula is C18H21N3. The van der Waals surface area contributed by atoms with Gasteiger partial charge in [-0.1, -0.05) is 67.6 Å². The van der Waals surface area contributed by atoms with Crippen LogP contribution in [0.25, 0.3) is 0 Å². The van der Waals surface area contributed by atoms with Crippen molar-refractivity contribution in [3.63, 3.8) is 0 Å². The molecule has 0 aromatic heterocycles. The van der Waals surface area contributed by atoms with E-state index in [-0.39, 0.29) is 6.17 Å². The first kappa shape index (κ1) is 15.0. The van der Waals surface area contributed by atoms with Crippen LogP contribution in [0.5, 0.6) is 0 Å². The Balaban J connectivity index is 2.24. The van der Waals surface area contributed by atoms with E-state index in [4.69, 9.17) is 4.99 Å². The Morgan fingerprint density at radius 3 is 2.71 bits per heavy atom. The summed E-state index contributed by atoms with van der Waals surface area (Å²) in [7, 11) is 0. The van der Waals surface area contributed by atoms with Gasteiger partial charge in [-0.3, -0.25) is 0 Å². The van der Waals surface area contributed by atoms with Gasteiger partial charge in [-0.2, -0.15) is 0 Å². The van der Waals surface area contributed by atoms with Gasteiger partial charge in [0.1, 0.15) is 5.84 Å². The van der Waals surface area contributed by atoms with Crippen molar-refractivity contribution in [3.05, 3.63) is 71.8 Å². The summed E-state index contributed by atoms with van der Waals surface area (Å²) >= 11 is 0. The average molecular weight is 279 g/mol. The lowest BCUT2D eigenvalue weighted by Crippen LogP contribution is -2.30. The molecule has 1 aliphatic heterocycles. The van der Waals surface area contributed by atoms with Crippen molar-refractivity contribution in [1.29, 1.82) is 0 Å². The molecule has 21 heavy (non-hydrogen) atoms. The third-order valence-electron chi connectivity index (χ3n) is 3.29. The zero-order valence-corrected chi connectivity index (χ0v) is 12.6. The van der Waals surface area contributed by atoms with E-state index in [1.807, 2.05) is 12.2 Å². The van der Waals surface area contributed by atoms with Crippen molar-refractivity contribution < 1.29 is 0 Å². The molecule has 1 atom stereocenters. The Kier molecular flexibility index (Phi) is 5.27. The summed E-state index contributed by atoms with van der Waals surface area (Å²) in [6.45, 7) is 7.87. The van der Waals surface area contributed by atoms with Gasteiger partial charge in [0, 0.05) is 5.56 Å². The Morgan fingerprint density at radius 1 is 1.29 bits per heavy atom. The van der Waals surface area contributed by atoms with Crippen LogP contribution < -0.4 is 5.32 Å². The topological polar surface area (TPSA) is 36.8 Å². The molecule has 0 saturated carbocycles. The number of allylic oxidation sites excluding steroid dienone is 4. The molecule has 1 aromatic carbocycles. The van der Waals surface area contributed by atoms with Crippen molar-refractivity contribution in [2.75, 3.05) is 0 Å². The normalized spacial score (nSPS) is 18.5. The first-order valence-corrected chi connectivity index (χ1v) is 7.15. The third kappa shape index (κ3) is 4.02. The SMILES string of the molecule is C=C/C=C\C=C(/CC)C1N=CNC(c2ccc(C)cc2)=N1. The van der Waals surface area contributed by atoms with Crippen LogP contribution in [-0.4, -0.2) is 18.3 Å². The van der Waals surface area contributed by atoms with Crippen LogP contribution in [0.2, 0.25) is 0 Å². The number of rotatable bonds is 5. The number of aliphatic imine (C=N–C) groups is 2. The van der Waals surface area contributed by atoms with E-state index in [2.05, 4.69) is 61.1 Å². The van der Waals surface area contributed by atoms with Gasteiger partial charge >= 0.3 is 0 Å². The largest absolute Gasteiger partial charge is 0.331 e. The van der Waals surface area contributed by atoms with Crippen LogP contribution in [0.3, 0.4) is 0 Å². The zero-order valence-electron chi connectivity index (χ0n) is 12.6. The average Bonchev–Trinajstić information content (AvgIpc) is 2.52. The number of aryl methyl sites for hydroxylation is 1. The quantitative estimate of drug-likeness (QED) is 0.818. The predicted molar refractivity (Wildman–Crippen MR) is 90.8 cm³/mol. The highest BCUT2D eigenvalue weighted by molar-refractivity contribution is 6.05. The second-order valence-electron chi connectivity index (χ2n) is 4.86. The van der Waals surface area contributed by atoms with Crippen LogP contribution in [0.4, 0.5) is 0 Å². The van der Waals surface area contributed by atoms with Crippen molar-refractivity contribution in [3.8, 4) is 0 Å². The lowest BCUT2D eigenvalue weighted by molar-refractivity contribution is 0.769. The predicted octanol–water partition coefficient (Wildman–Crippen LogP) is 3.78. The van der Waals surface area contributed by atoms with E-state index in [0.717, 1.165) is 17.8 Å². The molecule has 0 spiro atoms. The summed E-state index contributed by atoms with van der Waals surface area (Å²) in [6, 6.07) is 8.32. The minimum absolute atomic E-state index is 0.151. The Morgan fingerprint density at radius 2 is 2.05 bits per heavy atom. The second kappa shape index (κ2) is 7.39. The summed E-state index contributed by atoms with van der Waals surface area (Å²) in [4.78, 5) is 9.13. The van der Waals surface area contributed by atoms with Gasteiger partial charge < -0.3 is 5.32 Å². The van der Waals surface area contributed by atoms with Gasteiger partial charge in [0.25, 0.3) is 0 Å². The highest BCUT2D eigenvalue weighted by atomic mass is 15.2. The molecule has 3 heteroatoms. The van der Waals surface area contributed by atoms with E-state index in [9.17, 15) is 0 Å². The standard InChI is InChI=1S/C18H21N3/c1-4-6-7-8-15(5-2)17-19-13-20-18(21-17)16-11-9-14(3)10-12-16/h4,6-13,17H,1,5H2,2-3H3,(H,19,20,21)/b7-6-,15-8+. The van der Waals surface area contributed by atoms with Crippen molar-refractivity contribution in [2.24, 2.45) is 9.98 Å². The maximum atomic E-state index is 4.71. The summed E-state index contributed by atoms with van der Waals surface area (Å²) in [6.07, 6.45) is 10.2. The lowest BCUT2D eigenvalue weighted by atomic mass is 10.1. The minimum atomic E-state index is -0.151. The fourth-order valence-electron chi connectivity index (χ4n) is 2.05. The van der Waals surface area contributed by atoms with E-state index in [1.54, 1.807) is 12.4 Å². The van der Waals surface area contributed by atoms with Crippen LogP contribution in [0, 0.1) is 6.92 Å². The summed E-state index contributed by atoms with van der Waals surface area (Å²) < 4.78 is 0. The molecule has 0 radical (unpaired) electrons. The van der Waals surface area contributed by atoms with Gasteiger partial charge in [0.05, 0.1) is 6.34 Å². The smallest absolute Gasteiger partial charge is 0.165 e. The van der Waals surface area contributed by atoms with Crippen molar-refractivity contribution >= 4 is 12.2 Å². The van der Waals surface area contributed by atoms with E-state index in [1.165, 1.54) is 11.1 Å². The maximum Gasteiger partial charge on any atom is 0.165 e. The maximum absolute atomic E-state index is 4.71. The van der Waals surface area contributed by atoms with Gasteiger partial charge in [0.2, 0.25) is 0 Å². The van der Waals surface area contributed by atoms with E-state index < -0.39 is 0 Å². The van der Waals surface area contributed by atoms with Gasteiger partial charge in [-0.05, 0) is 18.9 Å². The molecule has 1 heterocycles. The first-order chi connectivity index (χ1) is 10.2. The van der Waals surface area contributed by atoms with E-state index in [0.29, 0.717) is 0 Å². The Bertz CT molecular complexity index is 604. The fraction of sp³-hybridized carbons (Fsp3) is 0.222. The number of hydrogen-bond donors (Lipinski definition) is 1. The monoisotopic (exact) mass is 279 g/mol. The molecule has 0 aliphatic carbocycles. The summed E-state index contributed by atoms with van der Waals surface area (Å²) in [5.41, 5.74) is 3.49. The Labute approximate surface area is 126 Å². The summed E-state index contributed by atoms with van der Waals surface area (Å²) in [5, 5.41) is 3.13. The first-order valence-electron chi connectivity index (χ1n) is 7.15. The third-order valence-corrected chi connectivity index (χ3v) is 3.29. The van der Waals surface area contributed by atoms with Crippen LogP contribution >= 0.6 is 0 Å². The van der Waals surface area contributed by atoms with Crippen LogP contribution in [0.1, 0.15) is 24.5 Å². The van der Waals surface area contributed by atoms with Crippen molar-refractivity contribution in [1.82, 2.24) is 5.32 Å². The number of hydrogen-bond acceptors (Lipinski definition) is 3. The lowest BCUT2D eigenvalue weighted by Gasteiger charge is -2.18. The van der Waals surface area contributed by atoms with Gasteiger partial charge in [0.15, 0.2) is 6.17 Å². The van der Waals surface area contributed by atoms with Gasteiger partial charge in [-0.15, -0.1) is 0 Å². The van der Waals surface area contributed by atoms with Crippen molar-refractivity contribution in [2.45, 2.75) is 26.4 Å². The highest BCUT2D eigenvalue weighted by Crippen LogP contribution is 2.16. The number of amidine groups is 1. The molecular weight excluding hydrogens is 258 g/mol. The van der Waals surface area contributed by atoms with Gasteiger partial charge in [-0.25, -0.2) is 9.98 Å². The fourth-order valence-corrected chi connectivity index (χ4v) is 2.05. The molecule has 0 bridgehead atoms. The molecule has 1 N–H and O–H groups in total. The molecule has 0 fully saturated rings. The second-order valence-corrected chi connectivity index (χ2v) is 4.86. The number of benzene rings is 1. The minimum Gasteiger partial charge on any atom is -0.331 e. The zero-order chi connectivity index (χ0) is 15.1. The molecule has 1 unspecified atom stereocenters. The molecule has 1 aromatic rings. The molecule has 2 rings (SSSR count). The molecule has 3 nitrogen and oxygen atoms in total. The van der Waals surface area contributed by atoms with Crippen LogP contribution in [-0.2, 0) is 0 Å². The molecule has 0 amide bonds. The number of nitrogens with zero attached hydrogens (tertiary/aromatic N) is 2. The number of nitrogens with one attached hydrogen (secondary N) is 1. The van der Waals surface area contributed by atoms with E-state index >= 15 is 0 Å². The highest BCUT2D eigenvalue weighted by Gasteiger charge is 2.14. The summed E-state index contributed by atoms with van der Waals surface area (Å²) in [5.74, 6) is 0.863. The Hall–Kier alpha value is -2.42. The molecule has 1 aliphatic rings. The molecule has 108 valence electrons.